The van der Waals surface area contributed by atoms with Gasteiger partial charge >= 0.3 is 0 Å². The van der Waals surface area contributed by atoms with E-state index in [2.05, 4.69) is 39.0 Å². The number of hydrogen-bond donors (Lipinski definition) is 2. The maximum atomic E-state index is 10.1. The predicted molar refractivity (Wildman–Crippen MR) is 99.6 cm³/mol. The number of rotatable bonds is 1. The first-order valence-electron chi connectivity index (χ1n) is 9.34. The van der Waals surface area contributed by atoms with Crippen LogP contribution < -0.4 is 0 Å². The molecule has 6 unspecified atom stereocenters. The van der Waals surface area contributed by atoms with Gasteiger partial charge in [-0.15, -0.1) is 0 Å². The molecule has 4 aliphatic rings. The highest BCUT2D eigenvalue weighted by Crippen LogP contribution is 2.64. The van der Waals surface area contributed by atoms with Gasteiger partial charge in [0.25, 0.3) is 0 Å². The lowest BCUT2D eigenvalue weighted by atomic mass is 9.50. The molecule has 0 heterocycles. The second-order valence-corrected chi connectivity index (χ2v) is 9.58. The molecule has 126 valence electrons. The van der Waals surface area contributed by atoms with Crippen LogP contribution in [0.15, 0.2) is 34.9 Å². The third-order valence-corrected chi connectivity index (χ3v) is 7.92. The van der Waals surface area contributed by atoms with Gasteiger partial charge in [0.1, 0.15) is 0 Å². The number of aliphatic hydroxyl groups excluding tert-OH is 1. The summed E-state index contributed by atoms with van der Waals surface area (Å²) in [5.41, 5.74) is 5.38. The Balaban J connectivity index is 1.71. The maximum Gasteiger partial charge on any atom is 0.0578 e. The molecule has 0 aromatic rings. The largest absolute Gasteiger partial charge is 0.393 e. The van der Waals surface area contributed by atoms with Crippen molar-refractivity contribution in [2.75, 3.05) is 0 Å². The maximum absolute atomic E-state index is 10.1. The van der Waals surface area contributed by atoms with E-state index in [1.165, 1.54) is 24.8 Å². The number of fused-ring (bicyclic) bond motifs is 5. The molecule has 2 saturated carbocycles. The molecule has 0 amide bonds. The summed E-state index contributed by atoms with van der Waals surface area (Å²) in [4.78, 5) is 0. The van der Waals surface area contributed by atoms with Gasteiger partial charge in [-0.25, -0.2) is 0 Å². The molecule has 23 heavy (non-hydrogen) atoms. The van der Waals surface area contributed by atoms with Crippen LogP contribution in [0.4, 0.5) is 0 Å². The van der Waals surface area contributed by atoms with Gasteiger partial charge < -0.3 is 5.11 Å². The summed E-state index contributed by atoms with van der Waals surface area (Å²) in [6, 6.07) is 0. The number of aliphatic hydroxyl groups is 1. The van der Waals surface area contributed by atoms with Gasteiger partial charge in [-0.2, -0.15) is 12.6 Å². The third kappa shape index (κ3) is 2.17. The van der Waals surface area contributed by atoms with Crippen molar-refractivity contribution in [2.24, 2.45) is 22.7 Å². The van der Waals surface area contributed by atoms with E-state index in [1.54, 1.807) is 11.1 Å². The van der Waals surface area contributed by atoms with Crippen LogP contribution in [0.3, 0.4) is 0 Å². The fourth-order valence-corrected chi connectivity index (χ4v) is 6.65. The van der Waals surface area contributed by atoms with E-state index >= 15 is 0 Å². The van der Waals surface area contributed by atoms with Gasteiger partial charge in [0.2, 0.25) is 0 Å². The van der Waals surface area contributed by atoms with E-state index in [4.69, 9.17) is 12.6 Å². The molecule has 0 saturated heterocycles. The highest BCUT2D eigenvalue weighted by Gasteiger charge is 2.54. The minimum atomic E-state index is -0.122. The van der Waals surface area contributed by atoms with Crippen LogP contribution in [0.25, 0.3) is 0 Å². The average molecular weight is 331 g/mol. The number of allylic oxidation sites excluding steroid dienone is 4. The van der Waals surface area contributed by atoms with Crippen LogP contribution in [0.5, 0.6) is 0 Å². The first-order valence-corrected chi connectivity index (χ1v) is 9.85. The summed E-state index contributed by atoms with van der Waals surface area (Å²) in [6.45, 7) is 7.17. The fraction of sp³-hybridized carbons (Fsp3) is 0.714. The van der Waals surface area contributed by atoms with Gasteiger partial charge in [-0.1, -0.05) is 48.8 Å². The fourth-order valence-electron chi connectivity index (χ4n) is 6.25. The second kappa shape index (κ2) is 5.26. The topological polar surface area (TPSA) is 20.2 Å². The minimum absolute atomic E-state index is 0.122. The van der Waals surface area contributed by atoms with Gasteiger partial charge in [0.15, 0.2) is 0 Å². The smallest absolute Gasteiger partial charge is 0.0578 e. The Labute approximate surface area is 146 Å². The Morgan fingerprint density at radius 1 is 1.13 bits per heavy atom. The molecule has 0 aromatic heterocycles. The van der Waals surface area contributed by atoms with Crippen LogP contribution in [-0.2, 0) is 0 Å². The summed E-state index contributed by atoms with van der Waals surface area (Å²) >= 11 is 4.76. The van der Waals surface area contributed by atoms with E-state index in [-0.39, 0.29) is 6.10 Å². The molecule has 0 aromatic carbocycles. The first-order chi connectivity index (χ1) is 10.9. The van der Waals surface area contributed by atoms with E-state index < -0.39 is 0 Å². The van der Waals surface area contributed by atoms with E-state index in [0.29, 0.717) is 27.9 Å². The number of hydrogen-bond acceptors (Lipinski definition) is 2. The second-order valence-electron chi connectivity index (χ2n) is 8.81. The molecule has 4 aliphatic carbocycles. The Morgan fingerprint density at radius 2 is 1.87 bits per heavy atom. The Bertz CT molecular complexity index is 613. The molecule has 0 bridgehead atoms. The van der Waals surface area contributed by atoms with Crippen molar-refractivity contribution in [3.8, 4) is 0 Å². The molecule has 1 nitrogen and oxygen atoms in total. The summed E-state index contributed by atoms with van der Waals surface area (Å²) in [6.07, 6.45) is 13.9. The van der Waals surface area contributed by atoms with Crippen LogP contribution >= 0.6 is 12.6 Å². The van der Waals surface area contributed by atoms with Crippen molar-refractivity contribution >= 4 is 12.6 Å². The molecule has 0 aliphatic heterocycles. The summed E-state index contributed by atoms with van der Waals surface area (Å²) in [5, 5.41) is 10.4. The summed E-state index contributed by atoms with van der Waals surface area (Å²) in [5.74, 6) is 1.36. The molecule has 4 rings (SSSR count). The van der Waals surface area contributed by atoms with Crippen molar-refractivity contribution in [3.63, 3.8) is 0 Å². The summed E-state index contributed by atoms with van der Waals surface area (Å²) in [7, 11) is 0. The van der Waals surface area contributed by atoms with Gasteiger partial charge in [0.05, 0.1) is 6.10 Å². The highest BCUT2D eigenvalue weighted by molar-refractivity contribution is 7.81. The lowest BCUT2D eigenvalue weighted by Gasteiger charge is -2.54. The van der Waals surface area contributed by atoms with Crippen LogP contribution in [0, 0.1) is 22.7 Å². The quantitative estimate of drug-likeness (QED) is 0.507. The zero-order valence-electron chi connectivity index (χ0n) is 14.7. The lowest BCUT2D eigenvalue weighted by molar-refractivity contribution is 0.0630. The standard InChI is InChI=1S/C21H30OS/c1-13(23)17-6-7-18-16-5-4-14-12-15(22)8-10-20(14,2)19(16)9-11-21(17,18)3/h4-6,13,15,18-19,22-23H,7-12H2,1-3H3. The van der Waals surface area contributed by atoms with Crippen molar-refractivity contribution in [3.05, 3.63) is 34.9 Å². The van der Waals surface area contributed by atoms with Crippen molar-refractivity contribution in [1.82, 2.24) is 0 Å². The molecular formula is C21H30OS. The SMILES string of the molecule is CC(S)C1=CCC2C3=CC=C4CC(O)CCC4(C)C3CCC12C. The zero-order valence-corrected chi connectivity index (χ0v) is 15.6. The first kappa shape index (κ1) is 16.0. The average Bonchev–Trinajstić information content (AvgIpc) is 2.85. The molecule has 6 atom stereocenters. The van der Waals surface area contributed by atoms with E-state index in [0.717, 1.165) is 19.3 Å². The third-order valence-electron chi connectivity index (χ3n) is 7.64. The minimum Gasteiger partial charge on any atom is -0.393 e. The van der Waals surface area contributed by atoms with Crippen molar-refractivity contribution in [2.45, 2.75) is 70.7 Å². The Morgan fingerprint density at radius 3 is 2.61 bits per heavy atom. The highest BCUT2D eigenvalue weighted by atomic mass is 32.1. The molecule has 1 N–H and O–H groups in total. The molecule has 2 fully saturated rings. The normalized spacial score (nSPS) is 46.8. The molecule has 0 radical (unpaired) electrons. The van der Waals surface area contributed by atoms with Crippen molar-refractivity contribution < 1.29 is 5.11 Å². The van der Waals surface area contributed by atoms with Gasteiger partial charge in [-0.3, -0.25) is 0 Å². The molecule has 2 heteroatoms. The number of thiol groups is 1. The van der Waals surface area contributed by atoms with Crippen LogP contribution in [-0.4, -0.2) is 16.5 Å². The molecule has 0 spiro atoms. The Kier molecular flexibility index (Phi) is 3.67. The lowest BCUT2D eigenvalue weighted by Crippen LogP contribution is -2.45. The van der Waals surface area contributed by atoms with E-state index in [1.807, 2.05) is 0 Å². The van der Waals surface area contributed by atoms with Gasteiger partial charge in [0, 0.05) is 5.25 Å². The summed E-state index contributed by atoms with van der Waals surface area (Å²) < 4.78 is 0. The molecular weight excluding hydrogens is 300 g/mol. The Hall–Kier alpha value is -0.470. The van der Waals surface area contributed by atoms with E-state index in [9.17, 15) is 5.11 Å². The van der Waals surface area contributed by atoms with Crippen LogP contribution in [0.2, 0.25) is 0 Å². The van der Waals surface area contributed by atoms with Gasteiger partial charge in [-0.05, 0) is 68.1 Å². The van der Waals surface area contributed by atoms with Crippen LogP contribution in [0.1, 0.15) is 59.3 Å². The zero-order chi connectivity index (χ0) is 16.4. The van der Waals surface area contributed by atoms with Crippen molar-refractivity contribution in [1.29, 1.82) is 0 Å². The monoisotopic (exact) mass is 330 g/mol. The predicted octanol–water partition coefficient (Wildman–Crippen LogP) is 5.08.